The molecule has 90 valence electrons. The van der Waals surface area contributed by atoms with E-state index in [1.807, 2.05) is 43.3 Å². The van der Waals surface area contributed by atoms with Gasteiger partial charge < -0.3 is 4.74 Å². The van der Waals surface area contributed by atoms with E-state index in [-0.39, 0.29) is 0 Å². The third-order valence-electron chi connectivity index (χ3n) is 2.59. The molecule has 0 unspecified atom stereocenters. The minimum Gasteiger partial charge on any atom is -0.496 e. The van der Waals surface area contributed by atoms with E-state index in [1.54, 1.807) is 18.9 Å². The molecule has 0 fully saturated rings. The second-order valence-corrected chi connectivity index (χ2v) is 5.02. The van der Waals surface area contributed by atoms with Crippen molar-refractivity contribution in [1.82, 2.24) is 0 Å². The lowest BCUT2D eigenvalue weighted by molar-refractivity contribution is 0.411. The first-order valence-electron chi connectivity index (χ1n) is 5.55. The summed E-state index contributed by atoms with van der Waals surface area (Å²) in [6.45, 7) is 2.03. The number of hydrogen-bond acceptors (Lipinski definition) is 3. The van der Waals surface area contributed by atoms with Gasteiger partial charge >= 0.3 is 0 Å². The van der Waals surface area contributed by atoms with Crippen LogP contribution in [0.3, 0.4) is 0 Å². The van der Waals surface area contributed by atoms with Crippen LogP contribution in [0.1, 0.15) is 11.1 Å². The Morgan fingerprint density at radius 2 is 1.72 bits per heavy atom. The molecule has 0 heterocycles. The predicted molar refractivity (Wildman–Crippen MR) is 73.0 cm³/mol. The van der Waals surface area contributed by atoms with E-state index in [1.165, 1.54) is 0 Å². The summed E-state index contributed by atoms with van der Waals surface area (Å²) in [6, 6.07) is 15.8. The van der Waals surface area contributed by atoms with Crippen LogP contribution in [0.4, 0.5) is 0 Å². The smallest absolute Gasteiger partial charge is 0.121 e. The highest BCUT2D eigenvalue weighted by molar-refractivity contribution is 7.99. The number of methoxy groups -OCH3 is 1. The molecule has 2 rings (SSSR count). The van der Waals surface area contributed by atoms with Crippen molar-refractivity contribution >= 4 is 11.8 Å². The number of hydrogen-bond donors (Lipinski definition) is 0. The van der Waals surface area contributed by atoms with Gasteiger partial charge in [0, 0.05) is 9.79 Å². The average Bonchev–Trinajstić information content (AvgIpc) is 2.40. The highest BCUT2D eigenvalue weighted by Crippen LogP contribution is 2.31. The van der Waals surface area contributed by atoms with Gasteiger partial charge in [-0.1, -0.05) is 11.8 Å². The Kier molecular flexibility index (Phi) is 3.91. The third kappa shape index (κ3) is 2.85. The zero-order valence-corrected chi connectivity index (χ0v) is 11.1. The molecule has 2 aromatic rings. The number of rotatable bonds is 3. The van der Waals surface area contributed by atoms with E-state index in [2.05, 4.69) is 12.1 Å². The van der Waals surface area contributed by atoms with Crippen molar-refractivity contribution in [2.75, 3.05) is 7.11 Å². The molecule has 0 bridgehead atoms. The van der Waals surface area contributed by atoms with Gasteiger partial charge in [-0.25, -0.2) is 0 Å². The van der Waals surface area contributed by atoms with Crippen molar-refractivity contribution < 1.29 is 4.74 Å². The van der Waals surface area contributed by atoms with E-state index in [4.69, 9.17) is 10.00 Å². The maximum atomic E-state index is 8.74. The van der Waals surface area contributed by atoms with Crippen LogP contribution in [-0.2, 0) is 0 Å². The minimum atomic E-state index is 0.685. The second-order valence-electron chi connectivity index (χ2n) is 3.87. The molecule has 0 N–H and O–H groups in total. The summed E-state index contributed by atoms with van der Waals surface area (Å²) in [5.41, 5.74) is 1.81. The topological polar surface area (TPSA) is 33.0 Å². The van der Waals surface area contributed by atoms with Crippen LogP contribution in [0.15, 0.2) is 52.3 Å². The standard InChI is InChI=1S/C15H13NOS/c1-11-9-14(7-8-15(11)17-2)18-13-5-3-12(10-16)4-6-13/h3-9H,1-2H3. The van der Waals surface area contributed by atoms with Gasteiger partial charge in [-0.2, -0.15) is 5.26 Å². The second kappa shape index (κ2) is 5.61. The predicted octanol–water partition coefficient (Wildman–Crippen LogP) is 4.03. The van der Waals surface area contributed by atoms with E-state index in [9.17, 15) is 0 Å². The summed E-state index contributed by atoms with van der Waals surface area (Å²) >= 11 is 1.68. The molecule has 3 heteroatoms. The summed E-state index contributed by atoms with van der Waals surface area (Å²) < 4.78 is 5.24. The van der Waals surface area contributed by atoms with Crippen molar-refractivity contribution in [3.63, 3.8) is 0 Å². The van der Waals surface area contributed by atoms with Crippen LogP contribution < -0.4 is 4.74 Å². The largest absolute Gasteiger partial charge is 0.496 e. The van der Waals surface area contributed by atoms with Gasteiger partial charge in [-0.3, -0.25) is 0 Å². The summed E-state index contributed by atoms with van der Waals surface area (Å²) in [6.07, 6.45) is 0. The molecule has 2 aromatic carbocycles. The Hall–Kier alpha value is -1.92. The molecule has 0 spiro atoms. The molecular formula is C15H13NOS. The summed E-state index contributed by atoms with van der Waals surface area (Å²) in [7, 11) is 1.68. The number of nitriles is 1. The molecule has 0 aliphatic rings. The molecule has 0 amide bonds. The molecule has 0 aliphatic carbocycles. The molecule has 18 heavy (non-hydrogen) atoms. The van der Waals surface area contributed by atoms with E-state index >= 15 is 0 Å². The Morgan fingerprint density at radius 1 is 1.06 bits per heavy atom. The Morgan fingerprint density at radius 3 is 2.28 bits per heavy atom. The lowest BCUT2D eigenvalue weighted by atomic mass is 10.2. The lowest BCUT2D eigenvalue weighted by Gasteiger charge is -2.07. The van der Waals surface area contributed by atoms with Crippen LogP contribution in [-0.4, -0.2) is 7.11 Å². The van der Waals surface area contributed by atoms with Crippen LogP contribution >= 0.6 is 11.8 Å². The van der Waals surface area contributed by atoms with Crippen LogP contribution in [0.5, 0.6) is 5.75 Å². The zero-order chi connectivity index (χ0) is 13.0. The molecule has 2 nitrogen and oxygen atoms in total. The summed E-state index contributed by atoms with van der Waals surface area (Å²) in [4.78, 5) is 2.29. The Balaban J connectivity index is 2.18. The first kappa shape index (κ1) is 12.5. The molecule has 0 aliphatic heterocycles. The van der Waals surface area contributed by atoms with Gasteiger partial charge in [0.25, 0.3) is 0 Å². The molecule has 0 saturated heterocycles. The van der Waals surface area contributed by atoms with Gasteiger partial charge in [0.05, 0.1) is 18.7 Å². The molecule has 0 radical (unpaired) electrons. The minimum absolute atomic E-state index is 0.685. The Bertz CT molecular complexity index is 584. The quantitative estimate of drug-likeness (QED) is 0.830. The fraction of sp³-hybridized carbons (Fsp3) is 0.133. The summed E-state index contributed by atoms with van der Waals surface area (Å²) in [5, 5.41) is 8.74. The number of nitrogens with zero attached hydrogens (tertiary/aromatic N) is 1. The van der Waals surface area contributed by atoms with Crippen LogP contribution in [0.25, 0.3) is 0 Å². The third-order valence-corrected chi connectivity index (χ3v) is 3.58. The van der Waals surface area contributed by atoms with E-state index in [0.29, 0.717) is 5.56 Å². The van der Waals surface area contributed by atoms with Crippen molar-refractivity contribution in [3.8, 4) is 11.8 Å². The molecule has 0 aromatic heterocycles. The maximum absolute atomic E-state index is 8.74. The molecular weight excluding hydrogens is 242 g/mol. The zero-order valence-electron chi connectivity index (χ0n) is 10.3. The monoisotopic (exact) mass is 255 g/mol. The van der Waals surface area contributed by atoms with E-state index < -0.39 is 0 Å². The first-order chi connectivity index (χ1) is 8.72. The van der Waals surface area contributed by atoms with Gasteiger partial charge in [0.15, 0.2) is 0 Å². The summed E-state index contributed by atoms with van der Waals surface area (Å²) in [5.74, 6) is 0.902. The Labute approximate surface area is 111 Å². The molecule has 0 saturated carbocycles. The SMILES string of the molecule is COc1ccc(Sc2ccc(C#N)cc2)cc1C. The number of aryl methyl sites for hydroxylation is 1. The highest BCUT2D eigenvalue weighted by atomic mass is 32.2. The van der Waals surface area contributed by atoms with E-state index in [0.717, 1.165) is 21.1 Å². The number of benzene rings is 2. The van der Waals surface area contributed by atoms with Crippen molar-refractivity contribution in [3.05, 3.63) is 53.6 Å². The first-order valence-corrected chi connectivity index (χ1v) is 6.37. The van der Waals surface area contributed by atoms with Crippen LogP contribution in [0, 0.1) is 18.3 Å². The molecule has 0 atom stereocenters. The van der Waals surface area contributed by atoms with Gasteiger partial charge in [0.1, 0.15) is 5.75 Å². The van der Waals surface area contributed by atoms with Crippen LogP contribution in [0.2, 0.25) is 0 Å². The van der Waals surface area contributed by atoms with Crippen molar-refractivity contribution in [2.24, 2.45) is 0 Å². The van der Waals surface area contributed by atoms with Gasteiger partial charge in [-0.05, 0) is 55.0 Å². The highest BCUT2D eigenvalue weighted by Gasteiger charge is 2.02. The van der Waals surface area contributed by atoms with Crippen molar-refractivity contribution in [1.29, 1.82) is 5.26 Å². The normalized spacial score (nSPS) is 9.83. The fourth-order valence-electron chi connectivity index (χ4n) is 1.65. The lowest BCUT2D eigenvalue weighted by Crippen LogP contribution is -1.86. The number of ether oxygens (including phenoxy) is 1. The van der Waals surface area contributed by atoms with Gasteiger partial charge in [0.2, 0.25) is 0 Å². The van der Waals surface area contributed by atoms with Crippen molar-refractivity contribution in [2.45, 2.75) is 16.7 Å². The van der Waals surface area contributed by atoms with Gasteiger partial charge in [-0.15, -0.1) is 0 Å². The maximum Gasteiger partial charge on any atom is 0.121 e. The average molecular weight is 255 g/mol. The fourth-order valence-corrected chi connectivity index (χ4v) is 2.56.